The number of methoxy groups -OCH3 is 2. The van der Waals surface area contributed by atoms with Crippen molar-refractivity contribution < 1.29 is 9.47 Å². The molecule has 3 heteroatoms. The Morgan fingerprint density at radius 1 is 1.15 bits per heavy atom. The van der Waals surface area contributed by atoms with Crippen LogP contribution in [0.15, 0.2) is 18.2 Å². The van der Waals surface area contributed by atoms with Gasteiger partial charge in [-0.1, -0.05) is 12.5 Å². The van der Waals surface area contributed by atoms with E-state index in [4.69, 9.17) is 15.2 Å². The predicted molar refractivity (Wildman–Crippen MR) is 80.0 cm³/mol. The lowest BCUT2D eigenvalue weighted by atomic mass is 9.82. The van der Waals surface area contributed by atoms with Crippen LogP contribution < -0.4 is 15.2 Å². The van der Waals surface area contributed by atoms with E-state index >= 15 is 0 Å². The lowest BCUT2D eigenvalue weighted by Crippen LogP contribution is -2.20. The molecule has 4 unspecified atom stereocenters. The standard InChI is InChI=1S/C17H25NO2/c1-19-15-4-3-5-16(20-2)17(15)14(18)10-13-9-11-6-7-12(13)8-11/h3-5,11-14H,6-10,18H2,1-2H3. The second kappa shape index (κ2) is 5.65. The number of benzene rings is 1. The van der Waals surface area contributed by atoms with Crippen LogP contribution in [0, 0.1) is 17.8 Å². The van der Waals surface area contributed by atoms with Gasteiger partial charge in [0.25, 0.3) is 0 Å². The predicted octanol–water partition coefficient (Wildman–Crippen LogP) is 3.53. The van der Waals surface area contributed by atoms with Crippen molar-refractivity contribution in [1.82, 2.24) is 0 Å². The lowest BCUT2D eigenvalue weighted by Gasteiger charge is -2.26. The molecule has 0 amide bonds. The fraction of sp³-hybridized carbons (Fsp3) is 0.647. The summed E-state index contributed by atoms with van der Waals surface area (Å²) in [5, 5.41) is 0. The molecule has 4 atom stereocenters. The van der Waals surface area contributed by atoms with Gasteiger partial charge in [-0.25, -0.2) is 0 Å². The van der Waals surface area contributed by atoms with E-state index in [9.17, 15) is 0 Å². The first kappa shape index (κ1) is 13.7. The average Bonchev–Trinajstić information content (AvgIpc) is 3.08. The molecular formula is C17H25NO2. The van der Waals surface area contributed by atoms with Crippen molar-refractivity contribution in [2.45, 2.75) is 38.1 Å². The van der Waals surface area contributed by atoms with Gasteiger partial charge in [-0.3, -0.25) is 0 Å². The molecule has 20 heavy (non-hydrogen) atoms. The Morgan fingerprint density at radius 2 is 1.85 bits per heavy atom. The number of nitrogens with two attached hydrogens (primary N) is 1. The van der Waals surface area contributed by atoms with Crippen molar-refractivity contribution in [3.05, 3.63) is 23.8 Å². The van der Waals surface area contributed by atoms with E-state index in [-0.39, 0.29) is 6.04 Å². The highest BCUT2D eigenvalue weighted by molar-refractivity contribution is 5.46. The van der Waals surface area contributed by atoms with Gasteiger partial charge < -0.3 is 15.2 Å². The van der Waals surface area contributed by atoms with Crippen LogP contribution in [0.25, 0.3) is 0 Å². The normalized spacial score (nSPS) is 29.4. The van der Waals surface area contributed by atoms with Crippen LogP contribution >= 0.6 is 0 Å². The van der Waals surface area contributed by atoms with Crippen LogP contribution in [0.1, 0.15) is 43.7 Å². The molecule has 0 aliphatic heterocycles. The smallest absolute Gasteiger partial charge is 0.127 e. The Morgan fingerprint density at radius 3 is 2.35 bits per heavy atom. The van der Waals surface area contributed by atoms with Crippen molar-refractivity contribution in [1.29, 1.82) is 0 Å². The van der Waals surface area contributed by atoms with Gasteiger partial charge >= 0.3 is 0 Å². The van der Waals surface area contributed by atoms with Crippen LogP contribution in [-0.4, -0.2) is 14.2 Å². The number of hydrogen-bond acceptors (Lipinski definition) is 3. The molecule has 1 aromatic carbocycles. The second-order valence-corrected chi connectivity index (χ2v) is 6.35. The monoisotopic (exact) mass is 275 g/mol. The Bertz CT molecular complexity index is 452. The summed E-state index contributed by atoms with van der Waals surface area (Å²) in [5.41, 5.74) is 7.53. The van der Waals surface area contributed by atoms with Crippen LogP contribution in [0.3, 0.4) is 0 Å². The highest BCUT2D eigenvalue weighted by Gasteiger charge is 2.40. The number of rotatable bonds is 5. The minimum Gasteiger partial charge on any atom is -0.496 e. The third-order valence-corrected chi connectivity index (χ3v) is 5.28. The van der Waals surface area contributed by atoms with Crippen molar-refractivity contribution in [2.24, 2.45) is 23.5 Å². The van der Waals surface area contributed by atoms with E-state index in [0.717, 1.165) is 41.2 Å². The number of ether oxygens (including phenoxy) is 2. The maximum atomic E-state index is 6.50. The summed E-state index contributed by atoms with van der Waals surface area (Å²) in [6.45, 7) is 0. The quantitative estimate of drug-likeness (QED) is 0.894. The zero-order chi connectivity index (χ0) is 14.1. The highest BCUT2D eigenvalue weighted by Crippen LogP contribution is 2.51. The molecule has 2 aliphatic carbocycles. The van der Waals surface area contributed by atoms with E-state index in [1.807, 2.05) is 18.2 Å². The van der Waals surface area contributed by atoms with Crippen molar-refractivity contribution in [2.75, 3.05) is 14.2 Å². The van der Waals surface area contributed by atoms with Gasteiger partial charge in [0, 0.05) is 6.04 Å². The molecule has 110 valence electrons. The molecule has 2 fully saturated rings. The summed E-state index contributed by atoms with van der Waals surface area (Å²) >= 11 is 0. The van der Waals surface area contributed by atoms with Gasteiger partial charge in [-0.2, -0.15) is 0 Å². The summed E-state index contributed by atoms with van der Waals surface area (Å²) < 4.78 is 11.0. The third kappa shape index (κ3) is 2.39. The van der Waals surface area contributed by atoms with Crippen LogP contribution in [-0.2, 0) is 0 Å². The SMILES string of the molecule is COc1cccc(OC)c1C(N)CC1CC2CCC1C2. The van der Waals surface area contributed by atoms with Crippen LogP contribution in [0.5, 0.6) is 11.5 Å². The summed E-state index contributed by atoms with van der Waals surface area (Å²) in [7, 11) is 3.39. The van der Waals surface area contributed by atoms with E-state index in [1.54, 1.807) is 14.2 Å². The summed E-state index contributed by atoms with van der Waals surface area (Å²) in [5.74, 6) is 4.36. The van der Waals surface area contributed by atoms with E-state index in [0.29, 0.717) is 0 Å². The molecule has 2 saturated carbocycles. The molecule has 0 spiro atoms. The Labute approximate surface area is 121 Å². The summed E-state index contributed by atoms with van der Waals surface area (Å²) in [4.78, 5) is 0. The topological polar surface area (TPSA) is 44.5 Å². The zero-order valence-corrected chi connectivity index (χ0v) is 12.5. The first-order valence-electron chi connectivity index (χ1n) is 7.69. The fourth-order valence-electron chi connectivity index (χ4n) is 4.35. The molecular weight excluding hydrogens is 250 g/mol. The van der Waals surface area contributed by atoms with E-state index < -0.39 is 0 Å². The Balaban J connectivity index is 1.78. The Kier molecular flexibility index (Phi) is 3.88. The van der Waals surface area contributed by atoms with Gasteiger partial charge in [0.15, 0.2) is 0 Å². The van der Waals surface area contributed by atoms with Gasteiger partial charge in [0.2, 0.25) is 0 Å². The molecule has 3 nitrogen and oxygen atoms in total. The first-order valence-corrected chi connectivity index (χ1v) is 7.69. The maximum Gasteiger partial charge on any atom is 0.127 e. The average molecular weight is 275 g/mol. The molecule has 2 bridgehead atoms. The minimum atomic E-state index is 0.00505. The lowest BCUT2D eigenvalue weighted by molar-refractivity contribution is 0.289. The molecule has 0 radical (unpaired) electrons. The van der Waals surface area contributed by atoms with Crippen molar-refractivity contribution >= 4 is 0 Å². The highest BCUT2D eigenvalue weighted by atomic mass is 16.5. The Hall–Kier alpha value is -1.22. The second-order valence-electron chi connectivity index (χ2n) is 6.35. The number of hydrogen-bond donors (Lipinski definition) is 1. The van der Waals surface area contributed by atoms with Crippen LogP contribution in [0.4, 0.5) is 0 Å². The molecule has 0 heterocycles. The molecule has 3 rings (SSSR count). The molecule has 2 N–H and O–H groups in total. The van der Waals surface area contributed by atoms with Crippen molar-refractivity contribution in [3.63, 3.8) is 0 Å². The van der Waals surface area contributed by atoms with E-state index in [1.165, 1.54) is 25.7 Å². The summed E-state index contributed by atoms with van der Waals surface area (Å²) in [6.07, 6.45) is 6.70. The number of fused-ring (bicyclic) bond motifs is 2. The molecule has 1 aromatic rings. The third-order valence-electron chi connectivity index (χ3n) is 5.28. The van der Waals surface area contributed by atoms with E-state index in [2.05, 4.69) is 0 Å². The largest absolute Gasteiger partial charge is 0.496 e. The fourth-order valence-corrected chi connectivity index (χ4v) is 4.35. The molecule has 0 saturated heterocycles. The maximum absolute atomic E-state index is 6.50. The van der Waals surface area contributed by atoms with Gasteiger partial charge in [0.05, 0.1) is 19.8 Å². The molecule has 0 aromatic heterocycles. The van der Waals surface area contributed by atoms with Gasteiger partial charge in [-0.15, -0.1) is 0 Å². The van der Waals surface area contributed by atoms with Gasteiger partial charge in [-0.05, 0) is 55.6 Å². The first-order chi connectivity index (χ1) is 9.72. The van der Waals surface area contributed by atoms with Gasteiger partial charge in [0.1, 0.15) is 11.5 Å². The molecule has 2 aliphatic rings. The summed E-state index contributed by atoms with van der Waals surface area (Å²) in [6, 6.07) is 5.90. The van der Waals surface area contributed by atoms with Crippen LogP contribution in [0.2, 0.25) is 0 Å². The zero-order valence-electron chi connectivity index (χ0n) is 12.5. The van der Waals surface area contributed by atoms with Crippen molar-refractivity contribution in [3.8, 4) is 11.5 Å². The minimum absolute atomic E-state index is 0.00505.